The predicted octanol–water partition coefficient (Wildman–Crippen LogP) is 1.46. The molecule has 2 heterocycles. The van der Waals surface area contributed by atoms with E-state index in [0.29, 0.717) is 5.82 Å². The molecule has 0 aromatic carbocycles. The molecule has 60 valence electrons. The molecule has 2 aromatic heterocycles. The average molecular weight is 160 g/mol. The molecular formula is C9H8N2O. The van der Waals surface area contributed by atoms with Crippen LogP contribution in [0.25, 0.3) is 5.52 Å². The number of hydrogen-bond donors (Lipinski definition) is 0. The number of hydrogen-bond acceptors (Lipinski definition) is 2. The summed E-state index contributed by atoms with van der Waals surface area (Å²) in [5, 5.41) is 0. The van der Waals surface area contributed by atoms with E-state index in [9.17, 15) is 4.79 Å². The van der Waals surface area contributed by atoms with Crippen molar-refractivity contribution in [3.05, 3.63) is 35.9 Å². The molecule has 0 saturated carbocycles. The minimum atomic E-state index is 0.453. The molecule has 0 aliphatic rings. The summed E-state index contributed by atoms with van der Waals surface area (Å²) < 4.78 is 1.78. The highest BCUT2D eigenvalue weighted by Crippen LogP contribution is 2.09. The van der Waals surface area contributed by atoms with E-state index in [1.54, 1.807) is 10.6 Å². The second kappa shape index (κ2) is 2.44. The standard InChI is InChI=1S/C9H8N2O/c1-7-3-2-4-11-8(7)5-10-9(11)6-12/h2-6H,1H3. The van der Waals surface area contributed by atoms with Crippen LogP contribution >= 0.6 is 0 Å². The molecule has 0 radical (unpaired) electrons. The quantitative estimate of drug-likeness (QED) is 0.592. The number of pyridine rings is 1. The monoisotopic (exact) mass is 160 g/mol. The van der Waals surface area contributed by atoms with Gasteiger partial charge in [-0.2, -0.15) is 0 Å². The van der Waals surface area contributed by atoms with E-state index in [2.05, 4.69) is 4.98 Å². The zero-order valence-corrected chi connectivity index (χ0v) is 6.69. The molecule has 0 amide bonds. The van der Waals surface area contributed by atoms with Gasteiger partial charge in [0.05, 0.1) is 11.7 Å². The van der Waals surface area contributed by atoms with Gasteiger partial charge in [-0.1, -0.05) is 6.07 Å². The van der Waals surface area contributed by atoms with Gasteiger partial charge in [0.2, 0.25) is 0 Å². The van der Waals surface area contributed by atoms with Crippen molar-refractivity contribution in [1.29, 1.82) is 0 Å². The molecule has 0 N–H and O–H groups in total. The fourth-order valence-electron chi connectivity index (χ4n) is 1.27. The molecule has 0 spiro atoms. The highest BCUT2D eigenvalue weighted by atomic mass is 16.1. The van der Waals surface area contributed by atoms with Crippen molar-refractivity contribution in [3.63, 3.8) is 0 Å². The first kappa shape index (κ1) is 7.03. The molecule has 3 nitrogen and oxygen atoms in total. The van der Waals surface area contributed by atoms with Crippen LogP contribution < -0.4 is 0 Å². The Morgan fingerprint density at radius 1 is 1.58 bits per heavy atom. The maximum absolute atomic E-state index is 10.5. The zero-order chi connectivity index (χ0) is 8.55. The van der Waals surface area contributed by atoms with Crippen molar-refractivity contribution in [1.82, 2.24) is 9.38 Å². The number of imidazole rings is 1. The molecule has 0 bridgehead atoms. The fraction of sp³-hybridized carbons (Fsp3) is 0.111. The molecule has 2 aromatic rings. The second-order valence-corrected chi connectivity index (χ2v) is 2.68. The zero-order valence-electron chi connectivity index (χ0n) is 6.69. The van der Waals surface area contributed by atoms with Gasteiger partial charge >= 0.3 is 0 Å². The molecule has 0 fully saturated rings. The van der Waals surface area contributed by atoms with Crippen molar-refractivity contribution < 1.29 is 4.79 Å². The van der Waals surface area contributed by atoms with Gasteiger partial charge in [-0.05, 0) is 18.6 Å². The summed E-state index contributed by atoms with van der Waals surface area (Å²) >= 11 is 0. The lowest BCUT2D eigenvalue weighted by Crippen LogP contribution is -1.91. The van der Waals surface area contributed by atoms with Crippen molar-refractivity contribution in [3.8, 4) is 0 Å². The Bertz CT molecular complexity index is 431. The maximum atomic E-state index is 10.5. The van der Waals surface area contributed by atoms with Gasteiger partial charge in [-0.15, -0.1) is 0 Å². The Balaban J connectivity index is 2.88. The number of aromatic nitrogens is 2. The van der Waals surface area contributed by atoms with E-state index < -0.39 is 0 Å². The Kier molecular flexibility index (Phi) is 1.43. The van der Waals surface area contributed by atoms with Crippen LogP contribution in [0.5, 0.6) is 0 Å². The largest absolute Gasteiger partial charge is 0.297 e. The van der Waals surface area contributed by atoms with Gasteiger partial charge in [0.25, 0.3) is 0 Å². The van der Waals surface area contributed by atoms with E-state index in [1.165, 1.54) is 0 Å². The van der Waals surface area contributed by atoms with Crippen LogP contribution in [0.3, 0.4) is 0 Å². The first-order chi connectivity index (χ1) is 5.83. The smallest absolute Gasteiger partial charge is 0.185 e. The van der Waals surface area contributed by atoms with Gasteiger partial charge in [0, 0.05) is 6.20 Å². The van der Waals surface area contributed by atoms with Crippen LogP contribution in [0.2, 0.25) is 0 Å². The summed E-state index contributed by atoms with van der Waals surface area (Å²) in [4.78, 5) is 14.5. The summed E-state index contributed by atoms with van der Waals surface area (Å²) in [5.41, 5.74) is 2.11. The number of fused-ring (bicyclic) bond motifs is 1. The molecule has 12 heavy (non-hydrogen) atoms. The van der Waals surface area contributed by atoms with Crippen LogP contribution in [-0.2, 0) is 0 Å². The Morgan fingerprint density at radius 3 is 3.17 bits per heavy atom. The lowest BCUT2D eigenvalue weighted by Gasteiger charge is -1.96. The lowest BCUT2D eigenvalue weighted by atomic mass is 10.3. The molecule has 2 rings (SSSR count). The Morgan fingerprint density at radius 2 is 2.42 bits per heavy atom. The van der Waals surface area contributed by atoms with Gasteiger partial charge in [-0.25, -0.2) is 4.98 Å². The third-order valence-corrected chi connectivity index (χ3v) is 1.92. The molecule has 0 aliphatic carbocycles. The van der Waals surface area contributed by atoms with Gasteiger partial charge in [0.15, 0.2) is 12.1 Å². The average Bonchev–Trinajstić information content (AvgIpc) is 2.49. The number of aldehydes is 1. The molecule has 0 atom stereocenters. The van der Waals surface area contributed by atoms with Crippen LogP contribution in [0.15, 0.2) is 24.5 Å². The van der Waals surface area contributed by atoms with E-state index in [1.807, 2.05) is 25.3 Å². The van der Waals surface area contributed by atoms with E-state index in [0.717, 1.165) is 17.4 Å². The number of rotatable bonds is 1. The number of carbonyl (C=O) groups excluding carboxylic acids is 1. The van der Waals surface area contributed by atoms with Crippen LogP contribution in [0.1, 0.15) is 16.2 Å². The predicted molar refractivity (Wildman–Crippen MR) is 45.3 cm³/mol. The summed E-state index contributed by atoms with van der Waals surface area (Å²) in [7, 11) is 0. The SMILES string of the molecule is Cc1cccn2c(C=O)ncc12. The summed E-state index contributed by atoms with van der Waals surface area (Å²) in [5.74, 6) is 0.453. The van der Waals surface area contributed by atoms with Crippen LogP contribution in [0.4, 0.5) is 0 Å². The van der Waals surface area contributed by atoms with Crippen LogP contribution in [0, 0.1) is 6.92 Å². The third-order valence-electron chi connectivity index (χ3n) is 1.92. The second-order valence-electron chi connectivity index (χ2n) is 2.68. The highest BCUT2D eigenvalue weighted by Gasteiger charge is 2.01. The Labute approximate surface area is 69.7 Å². The number of carbonyl (C=O) groups is 1. The first-order valence-corrected chi connectivity index (χ1v) is 3.71. The normalized spacial score (nSPS) is 10.4. The molecule has 3 heteroatoms. The Hall–Kier alpha value is -1.64. The number of nitrogens with zero attached hydrogens (tertiary/aromatic N) is 2. The lowest BCUT2D eigenvalue weighted by molar-refractivity contribution is 0.111. The van der Waals surface area contributed by atoms with Gasteiger partial charge in [-0.3, -0.25) is 9.20 Å². The van der Waals surface area contributed by atoms with Gasteiger partial charge in [0.1, 0.15) is 0 Å². The van der Waals surface area contributed by atoms with E-state index in [4.69, 9.17) is 0 Å². The fourth-order valence-corrected chi connectivity index (χ4v) is 1.27. The van der Waals surface area contributed by atoms with E-state index in [-0.39, 0.29) is 0 Å². The summed E-state index contributed by atoms with van der Waals surface area (Å²) in [6, 6.07) is 3.89. The topological polar surface area (TPSA) is 34.4 Å². The molecule has 0 unspecified atom stereocenters. The van der Waals surface area contributed by atoms with Crippen molar-refractivity contribution in [2.24, 2.45) is 0 Å². The summed E-state index contributed by atoms with van der Waals surface area (Å²) in [6.45, 7) is 1.99. The van der Waals surface area contributed by atoms with Gasteiger partial charge < -0.3 is 0 Å². The number of aryl methyl sites for hydroxylation is 1. The molecule has 0 saturated heterocycles. The van der Waals surface area contributed by atoms with E-state index >= 15 is 0 Å². The molecular weight excluding hydrogens is 152 g/mol. The first-order valence-electron chi connectivity index (χ1n) is 3.71. The third kappa shape index (κ3) is 0.830. The minimum Gasteiger partial charge on any atom is -0.297 e. The summed E-state index contributed by atoms with van der Waals surface area (Å²) in [6.07, 6.45) is 4.30. The maximum Gasteiger partial charge on any atom is 0.185 e. The van der Waals surface area contributed by atoms with Crippen molar-refractivity contribution in [2.75, 3.05) is 0 Å². The molecule has 0 aliphatic heterocycles. The highest BCUT2D eigenvalue weighted by molar-refractivity contribution is 5.72. The van der Waals surface area contributed by atoms with Crippen LogP contribution in [-0.4, -0.2) is 15.7 Å². The van der Waals surface area contributed by atoms with Crippen molar-refractivity contribution >= 4 is 11.8 Å². The minimum absolute atomic E-state index is 0.453. The van der Waals surface area contributed by atoms with Crippen molar-refractivity contribution in [2.45, 2.75) is 6.92 Å².